The number of fused-ring (bicyclic) bond motifs is 1. The van der Waals surface area contributed by atoms with Crippen LogP contribution in [-0.4, -0.2) is 49.8 Å². The van der Waals surface area contributed by atoms with Crippen molar-refractivity contribution >= 4 is 0 Å². The summed E-state index contributed by atoms with van der Waals surface area (Å²) < 4.78 is 24.3. The maximum absolute atomic E-state index is 6.40. The average molecular weight is 308 g/mol. The first kappa shape index (κ1) is 16.2. The third-order valence-electron chi connectivity index (χ3n) is 4.90. The van der Waals surface area contributed by atoms with Crippen LogP contribution in [0.1, 0.15) is 38.5 Å². The van der Waals surface area contributed by atoms with Gasteiger partial charge in [-0.3, -0.25) is 0 Å². The highest BCUT2D eigenvalue weighted by atomic mass is 16.6. The van der Waals surface area contributed by atoms with Gasteiger partial charge in [-0.15, -0.1) is 13.2 Å². The van der Waals surface area contributed by atoms with Crippen LogP contribution in [0.2, 0.25) is 0 Å². The minimum Gasteiger partial charge on any atom is -0.375 e. The van der Waals surface area contributed by atoms with Gasteiger partial charge < -0.3 is 18.9 Å². The molecule has 6 atom stereocenters. The fourth-order valence-electron chi connectivity index (χ4n) is 3.76. The van der Waals surface area contributed by atoms with Gasteiger partial charge in [-0.1, -0.05) is 12.2 Å². The van der Waals surface area contributed by atoms with Crippen molar-refractivity contribution in [2.45, 2.75) is 75.1 Å². The first-order chi connectivity index (χ1) is 10.8. The van der Waals surface area contributed by atoms with E-state index in [4.69, 9.17) is 18.9 Å². The van der Waals surface area contributed by atoms with E-state index >= 15 is 0 Å². The fraction of sp³-hybridized carbons (Fsp3) is 0.778. The van der Waals surface area contributed by atoms with Gasteiger partial charge in [0.25, 0.3) is 0 Å². The predicted octanol–water partition coefficient (Wildman–Crippen LogP) is 3.02. The molecule has 3 rings (SSSR count). The van der Waals surface area contributed by atoms with Crippen LogP contribution in [0, 0.1) is 0 Å². The summed E-state index contributed by atoms with van der Waals surface area (Å²) in [7, 11) is 0. The zero-order valence-corrected chi connectivity index (χ0v) is 13.3. The quantitative estimate of drug-likeness (QED) is 0.732. The molecular weight excluding hydrogens is 280 g/mol. The van der Waals surface area contributed by atoms with Gasteiger partial charge in [-0.25, -0.2) is 0 Å². The monoisotopic (exact) mass is 308 g/mol. The molecule has 0 aromatic carbocycles. The summed E-state index contributed by atoms with van der Waals surface area (Å²) in [6, 6.07) is 0. The lowest BCUT2D eigenvalue weighted by molar-refractivity contribution is -0.231. The molecule has 4 heteroatoms. The second-order valence-electron chi connectivity index (χ2n) is 6.45. The highest BCUT2D eigenvalue weighted by Gasteiger charge is 2.41. The number of rotatable bonds is 5. The molecule has 3 heterocycles. The molecule has 0 N–H and O–H groups in total. The SMILES string of the molecule is C=CC[C@@H]1O[C@@H]2CCCO[C@H]2C[C@H]1O[C@H]1CCCO[C@@H]1C=C. The highest BCUT2D eigenvalue weighted by Crippen LogP contribution is 2.33. The van der Waals surface area contributed by atoms with Gasteiger partial charge in [-0.05, 0) is 32.1 Å². The van der Waals surface area contributed by atoms with Crippen LogP contribution in [0.5, 0.6) is 0 Å². The van der Waals surface area contributed by atoms with Gasteiger partial charge in [0.1, 0.15) is 6.10 Å². The second-order valence-corrected chi connectivity index (χ2v) is 6.45. The van der Waals surface area contributed by atoms with E-state index in [0.717, 1.165) is 51.7 Å². The Hall–Kier alpha value is -0.680. The summed E-state index contributed by atoms with van der Waals surface area (Å²) >= 11 is 0. The van der Waals surface area contributed by atoms with Gasteiger partial charge in [0.05, 0.1) is 30.5 Å². The van der Waals surface area contributed by atoms with E-state index in [0.29, 0.717) is 0 Å². The van der Waals surface area contributed by atoms with Crippen LogP contribution in [0.15, 0.2) is 25.3 Å². The van der Waals surface area contributed by atoms with Crippen molar-refractivity contribution < 1.29 is 18.9 Å². The Morgan fingerprint density at radius 2 is 1.82 bits per heavy atom. The van der Waals surface area contributed by atoms with Gasteiger partial charge >= 0.3 is 0 Å². The minimum atomic E-state index is -0.0110. The molecule has 0 spiro atoms. The fourth-order valence-corrected chi connectivity index (χ4v) is 3.76. The molecule has 0 aromatic heterocycles. The first-order valence-corrected chi connectivity index (χ1v) is 8.59. The van der Waals surface area contributed by atoms with E-state index in [2.05, 4.69) is 13.2 Å². The maximum atomic E-state index is 6.40. The lowest BCUT2D eigenvalue weighted by Gasteiger charge is -2.45. The zero-order valence-electron chi connectivity index (χ0n) is 13.3. The van der Waals surface area contributed by atoms with Crippen molar-refractivity contribution in [2.24, 2.45) is 0 Å². The first-order valence-electron chi connectivity index (χ1n) is 8.59. The largest absolute Gasteiger partial charge is 0.375 e. The molecule has 0 saturated carbocycles. The standard InChI is InChI=1S/C18H28O4/c1-3-7-14-18(12-17-16(21-14)9-6-11-20-17)22-15-8-5-10-19-13(15)4-2/h3-4,13-18H,1-2,5-12H2/t13-,14+,15+,16-,17+,18-/m1/s1. The molecule has 3 saturated heterocycles. The molecule has 4 nitrogen and oxygen atoms in total. The molecule has 22 heavy (non-hydrogen) atoms. The van der Waals surface area contributed by atoms with E-state index < -0.39 is 0 Å². The van der Waals surface area contributed by atoms with E-state index in [1.165, 1.54) is 0 Å². The van der Waals surface area contributed by atoms with Crippen molar-refractivity contribution in [3.8, 4) is 0 Å². The molecule has 3 aliphatic rings. The molecule has 124 valence electrons. The summed E-state index contributed by atoms with van der Waals surface area (Å²) in [5, 5.41) is 0. The normalized spacial score (nSPS) is 42.4. The lowest BCUT2D eigenvalue weighted by Crippen LogP contribution is -2.52. The Bertz CT molecular complexity index is 383. The van der Waals surface area contributed by atoms with E-state index in [1.54, 1.807) is 0 Å². The van der Waals surface area contributed by atoms with Gasteiger partial charge in [0.2, 0.25) is 0 Å². The van der Waals surface area contributed by atoms with Crippen LogP contribution in [0.25, 0.3) is 0 Å². The van der Waals surface area contributed by atoms with Gasteiger partial charge in [0, 0.05) is 19.6 Å². The highest BCUT2D eigenvalue weighted by molar-refractivity contribution is 4.95. The van der Waals surface area contributed by atoms with Crippen LogP contribution in [0.4, 0.5) is 0 Å². The Kier molecular flexibility index (Phi) is 5.69. The molecular formula is C18H28O4. The summed E-state index contributed by atoms with van der Waals surface area (Å²) in [6.45, 7) is 9.37. The predicted molar refractivity (Wildman–Crippen MR) is 84.9 cm³/mol. The summed E-state index contributed by atoms with van der Waals surface area (Å²) in [5.41, 5.74) is 0. The average Bonchev–Trinajstić information content (AvgIpc) is 2.56. The maximum Gasteiger partial charge on any atom is 0.101 e. The van der Waals surface area contributed by atoms with Crippen LogP contribution in [-0.2, 0) is 18.9 Å². The summed E-state index contributed by atoms with van der Waals surface area (Å²) in [6.07, 6.45) is 10.3. The van der Waals surface area contributed by atoms with Gasteiger partial charge in [0.15, 0.2) is 0 Å². The van der Waals surface area contributed by atoms with Crippen molar-refractivity contribution in [3.05, 3.63) is 25.3 Å². The molecule has 0 aliphatic carbocycles. The van der Waals surface area contributed by atoms with Crippen LogP contribution in [0.3, 0.4) is 0 Å². The minimum absolute atomic E-state index is 0.0110. The van der Waals surface area contributed by atoms with Gasteiger partial charge in [-0.2, -0.15) is 0 Å². The second kappa shape index (κ2) is 7.73. The molecule has 0 aromatic rings. The number of ether oxygens (including phenoxy) is 4. The Morgan fingerprint density at radius 3 is 2.64 bits per heavy atom. The Morgan fingerprint density at radius 1 is 1.00 bits per heavy atom. The molecule has 0 radical (unpaired) electrons. The van der Waals surface area contributed by atoms with Crippen LogP contribution >= 0.6 is 0 Å². The zero-order chi connectivity index (χ0) is 15.4. The number of hydrogen-bond acceptors (Lipinski definition) is 4. The van der Waals surface area contributed by atoms with Crippen molar-refractivity contribution in [3.63, 3.8) is 0 Å². The third-order valence-corrected chi connectivity index (χ3v) is 4.90. The van der Waals surface area contributed by atoms with E-state index in [-0.39, 0.29) is 36.6 Å². The van der Waals surface area contributed by atoms with E-state index in [1.807, 2.05) is 12.2 Å². The van der Waals surface area contributed by atoms with E-state index in [9.17, 15) is 0 Å². The molecule has 0 bridgehead atoms. The smallest absolute Gasteiger partial charge is 0.101 e. The molecule has 0 amide bonds. The topological polar surface area (TPSA) is 36.9 Å². The lowest BCUT2D eigenvalue weighted by atomic mass is 9.92. The van der Waals surface area contributed by atoms with Crippen molar-refractivity contribution in [1.29, 1.82) is 0 Å². The summed E-state index contributed by atoms with van der Waals surface area (Å²) in [4.78, 5) is 0. The Balaban J connectivity index is 1.65. The van der Waals surface area contributed by atoms with Crippen molar-refractivity contribution in [2.75, 3.05) is 13.2 Å². The molecule has 3 fully saturated rings. The molecule has 3 aliphatic heterocycles. The Labute approximate surface area is 133 Å². The van der Waals surface area contributed by atoms with Crippen molar-refractivity contribution in [1.82, 2.24) is 0 Å². The summed E-state index contributed by atoms with van der Waals surface area (Å²) in [5.74, 6) is 0. The third kappa shape index (κ3) is 3.62. The number of hydrogen-bond donors (Lipinski definition) is 0. The van der Waals surface area contributed by atoms with Crippen LogP contribution < -0.4 is 0 Å². The molecule has 0 unspecified atom stereocenters.